The number of anilines is 1. The maximum absolute atomic E-state index is 13.7. The van der Waals surface area contributed by atoms with E-state index >= 15 is 0 Å². The first-order valence-electron chi connectivity index (χ1n) is 8.18. The van der Waals surface area contributed by atoms with Crippen LogP contribution in [-0.4, -0.2) is 20.3 Å². The molecule has 0 saturated carbocycles. The van der Waals surface area contributed by atoms with E-state index in [9.17, 15) is 13.6 Å². The lowest BCUT2D eigenvalue weighted by atomic mass is 10.0. The number of halogens is 2. The van der Waals surface area contributed by atoms with Gasteiger partial charge in [0.05, 0.1) is 0 Å². The Balaban J connectivity index is 1.60. The average molecular weight is 364 g/mol. The summed E-state index contributed by atoms with van der Waals surface area (Å²) in [5, 5.41) is 2.41. The van der Waals surface area contributed by atoms with E-state index in [0.29, 0.717) is 0 Å². The largest absolute Gasteiger partial charge is 0.306 e. The Kier molecular flexibility index (Phi) is 4.12. The molecule has 0 atom stereocenters. The van der Waals surface area contributed by atoms with E-state index in [0.717, 1.165) is 34.5 Å². The fraction of sp³-hybridized carbons (Fsp3) is 0.0500. The number of aromatic nitrogens is 3. The van der Waals surface area contributed by atoms with Gasteiger partial charge in [-0.15, -0.1) is 0 Å². The van der Waals surface area contributed by atoms with Crippen molar-refractivity contribution in [3.8, 4) is 11.1 Å². The predicted molar refractivity (Wildman–Crippen MR) is 97.5 cm³/mol. The Labute approximate surface area is 153 Å². The van der Waals surface area contributed by atoms with Crippen molar-refractivity contribution in [3.63, 3.8) is 0 Å². The highest BCUT2D eigenvalue weighted by atomic mass is 19.1. The van der Waals surface area contributed by atoms with E-state index in [4.69, 9.17) is 0 Å². The number of carbonyl (C=O) groups excluding carboxylic acids is 1. The number of hydrogen-bond donors (Lipinski definition) is 1. The van der Waals surface area contributed by atoms with Gasteiger partial charge in [0.15, 0.2) is 0 Å². The minimum absolute atomic E-state index is 0.202. The smallest absolute Gasteiger partial charge is 0.262 e. The van der Waals surface area contributed by atoms with Crippen molar-refractivity contribution in [2.75, 3.05) is 5.32 Å². The van der Waals surface area contributed by atoms with Crippen molar-refractivity contribution in [3.05, 3.63) is 83.9 Å². The summed E-state index contributed by atoms with van der Waals surface area (Å²) in [6.45, 7) is 1.97. The first kappa shape index (κ1) is 16.8. The molecule has 3 heterocycles. The highest BCUT2D eigenvalue weighted by Gasteiger charge is 2.17. The summed E-state index contributed by atoms with van der Waals surface area (Å²) in [6.07, 6.45) is 7.11. The summed E-state index contributed by atoms with van der Waals surface area (Å²) in [6, 6.07) is 8.60. The summed E-state index contributed by atoms with van der Waals surface area (Å²) in [5.41, 5.74) is 3.05. The number of amides is 1. The molecule has 0 fully saturated rings. The van der Waals surface area contributed by atoms with E-state index in [1.54, 1.807) is 24.5 Å². The predicted octanol–water partition coefficient (Wildman–Crippen LogP) is 4.24. The number of rotatable bonds is 3. The molecule has 1 aromatic carbocycles. The Bertz CT molecular complexity index is 1130. The van der Waals surface area contributed by atoms with E-state index in [1.807, 2.05) is 29.8 Å². The molecule has 5 nitrogen and oxygen atoms in total. The molecule has 0 aliphatic heterocycles. The number of hydrogen-bond acceptors (Lipinski definition) is 3. The van der Waals surface area contributed by atoms with E-state index in [2.05, 4.69) is 15.3 Å². The highest BCUT2D eigenvalue weighted by molar-refractivity contribution is 6.04. The number of imidazole rings is 1. The van der Waals surface area contributed by atoms with Gasteiger partial charge >= 0.3 is 0 Å². The molecule has 7 heteroatoms. The van der Waals surface area contributed by atoms with Gasteiger partial charge < -0.3 is 9.72 Å². The number of nitrogens with one attached hydrogen (secondary N) is 1. The molecule has 4 rings (SSSR count). The molecule has 27 heavy (non-hydrogen) atoms. The number of pyridine rings is 2. The molecule has 0 unspecified atom stereocenters. The van der Waals surface area contributed by atoms with Crippen LogP contribution in [0.5, 0.6) is 0 Å². The van der Waals surface area contributed by atoms with Gasteiger partial charge in [0.1, 0.15) is 28.7 Å². The van der Waals surface area contributed by atoms with Crippen LogP contribution in [0.25, 0.3) is 16.8 Å². The second-order valence-electron chi connectivity index (χ2n) is 6.05. The molecular weight excluding hydrogens is 350 g/mol. The molecule has 0 aliphatic rings. The van der Waals surface area contributed by atoms with Gasteiger partial charge in [0.2, 0.25) is 0 Å². The van der Waals surface area contributed by atoms with Gasteiger partial charge in [0, 0.05) is 35.9 Å². The Morgan fingerprint density at radius 2 is 1.89 bits per heavy atom. The lowest BCUT2D eigenvalue weighted by Crippen LogP contribution is -2.16. The molecule has 1 amide bonds. The molecule has 0 radical (unpaired) electrons. The van der Waals surface area contributed by atoms with Crippen LogP contribution in [0.1, 0.15) is 15.9 Å². The standard InChI is InChI=1S/C20H14F2N4O/c1-12-9-18-23-7-8-26(18)11-14(12)13-5-6-17(24-10-13)25-20(27)19-15(21)3-2-4-16(19)22/h2-11H,1H3,(H,24,25,27). The van der Waals surface area contributed by atoms with Gasteiger partial charge in [-0.1, -0.05) is 6.07 Å². The van der Waals surface area contributed by atoms with Crippen molar-refractivity contribution in [1.82, 2.24) is 14.4 Å². The molecule has 0 bridgehead atoms. The normalized spacial score (nSPS) is 10.9. The maximum Gasteiger partial charge on any atom is 0.262 e. The van der Waals surface area contributed by atoms with Crippen LogP contribution in [0.15, 0.2) is 61.2 Å². The molecule has 0 aliphatic carbocycles. The van der Waals surface area contributed by atoms with Gasteiger partial charge in [-0.3, -0.25) is 4.79 Å². The monoisotopic (exact) mass is 364 g/mol. The average Bonchev–Trinajstić information content (AvgIpc) is 3.09. The van der Waals surface area contributed by atoms with Gasteiger partial charge in [-0.25, -0.2) is 18.7 Å². The SMILES string of the molecule is Cc1cc2nccn2cc1-c1ccc(NC(=O)c2c(F)cccc2F)nc1. The molecule has 4 aromatic rings. The number of fused-ring (bicyclic) bond motifs is 1. The summed E-state index contributed by atoms with van der Waals surface area (Å²) < 4.78 is 29.3. The highest BCUT2D eigenvalue weighted by Crippen LogP contribution is 2.25. The van der Waals surface area contributed by atoms with Crippen LogP contribution in [0.2, 0.25) is 0 Å². The Morgan fingerprint density at radius 3 is 2.59 bits per heavy atom. The summed E-state index contributed by atoms with van der Waals surface area (Å²) in [7, 11) is 0. The van der Waals surface area contributed by atoms with Gasteiger partial charge in [0.25, 0.3) is 5.91 Å². The lowest BCUT2D eigenvalue weighted by Gasteiger charge is -2.09. The third kappa shape index (κ3) is 3.15. The molecule has 134 valence electrons. The second-order valence-corrected chi connectivity index (χ2v) is 6.05. The Morgan fingerprint density at radius 1 is 1.11 bits per heavy atom. The topological polar surface area (TPSA) is 59.3 Å². The second kappa shape index (κ2) is 6.60. The zero-order valence-corrected chi connectivity index (χ0v) is 14.3. The van der Waals surface area contributed by atoms with Crippen LogP contribution in [0, 0.1) is 18.6 Å². The Hall–Kier alpha value is -3.61. The molecule has 0 spiro atoms. The van der Waals surface area contributed by atoms with Crippen molar-refractivity contribution >= 4 is 17.4 Å². The minimum atomic E-state index is -0.923. The van der Waals surface area contributed by atoms with Crippen molar-refractivity contribution in [2.24, 2.45) is 0 Å². The van der Waals surface area contributed by atoms with Gasteiger partial charge in [-0.05, 0) is 42.8 Å². The summed E-state index contributed by atoms with van der Waals surface area (Å²) in [4.78, 5) is 20.6. The maximum atomic E-state index is 13.7. The molecule has 1 N–H and O–H groups in total. The molecular formula is C20H14F2N4O. The first-order valence-corrected chi connectivity index (χ1v) is 8.18. The van der Waals surface area contributed by atoms with Crippen LogP contribution in [-0.2, 0) is 0 Å². The van der Waals surface area contributed by atoms with Crippen LogP contribution in [0.4, 0.5) is 14.6 Å². The molecule has 0 saturated heterocycles. The van der Waals surface area contributed by atoms with Crippen LogP contribution < -0.4 is 5.32 Å². The quantitative estimate of drug-likeness (QED) is 0.592. The van der Waals surface area contributed by atoms with Crippen LogP contribution >= 0.6 is 0 Å². The van der Waals surface area contributed by atoms with Crippen molar-refractivity contribution in [1.29, 1.82) is 0 Å². The zero-order chi connectivity index (χ0) is 19.0. The van der Waals surface area contributed by atoms with Crippen LogP contribution in [0.3, 0.4) is 0 Å². The first-order chi connectivity index (χ1) is 13.0. The number of aryl methyl sites for hydroxylation is 1. The van der Waals surface area contributed by atoms with Crippen molar-refractivity contribution in [2.45, 2.75) is 6.92 Å². The van der Waals surface area contributed by atoms with E-state index in [-0.39, 0.29) is 5.82 Å². The number of carbonyl (C=O) groups is 1. The molecule has 3 aromatic heterocycles. The van der Waals surface area contributed by atoms with E-state index < -0.39 is 23.1 Å². The minimum Gasteiger partial charge on any atom is -0.306 e. The van der Waals surface area contributed by atoms with E-state index in [1.165, 1.54) is 6.07 Å². The third-order valence-electron chi connectivity index (χ3n) is 4.24. The number of benzene rings is 1. The van der Waals surface area contributed by atoms with Crippen molar-refractivity contribution < 1.29 is 13.6 Å². The zero-order valence-electron chi connectivity index (χ0n) is 14.3. The number of nitrogens with zero attached hydrogens (tertiary/aromatic N) is 3. The lowest BCUT2D eigenvalue weighted by molar-refractivity contribution is 0.101. The summed E-state index contributed by atoms with van der Waals surface area (Å²) in [5.74, 6) is -2.53. The third-order valence-corrected chi connectivity index (χ3v) is 4.24. The fourth-order valence-electron chi connectivity index (χ4n) is 2.88. The fourth-order valence-corrected chi connectivity index (χ4v) is 2.88. The van der Waals surface area contributed by atoms with Gasteiger partial charge in [-0.2, -0.15) is 0 Å². The summed E-state index contributed by atoms with van der Waals surface area (Å²) >= 11 is 0.